The van der Waals surface area contributed by atoms with Crippen LogP contribution in [0.5, 0.6) is 0 Å². The van der Waals surface area contributed by atoms with Crippen LogP contribution in [0, 0.1) is 17.8 Å². The summed E-state index contributed by atoms with van der Waals surface area (Å²) in [5.41, 5.74) is 0.0535. The second-order valence-electron chi connectivity index (χ2n) is 9.13. The molecular weight excluding hydrogens is 330 g/mol. The molecular formula is C20H33N3O3. The minimum atomic E-state index is 0.00675. The van der Waals surface area contributed by atoms with Crippen molar-refractivity contribution in [1.29, 1.82) is 0 Å². The summed E-state index contributed by atoms with van der Waals surface area (Å²) in [6.45, 7) is 1.54. The summed E-state index contributed by atoms with van der Waals surface area (Å²) in [6.07, 6.45) is 10.7. The molecule has 6 nitrogen and oxygen atoms in total. The van der Waals surface area contributed by atoms with Crippen molar-refractivity contribution in [3.63, 3.8) is 0 Å². The van der Waals surface area contributed by atoms with Crippen LogP contribution in [-0.4, -0.2) is 55.2 Å². The third-order valence-electron chi connectivity index (χ3n) is 7.30. The molecule has 146 valence electrons. The number of piperidine rings is 1. The zero-order valence-electron chi connectivity index (χ0n) is 16.0. The lowest BCUT2D eigenvalue weighted by atomic mass is 9.75. The van der Waals surface area contributed by atoms with Crippen LogP contribution in [0.1, 0.15) is 57.8 Å². The average Bonchev–Trinajstić information content (AvgIpc) is 2.75. The Balaban J connectivity index is 1.27. The van der Waals surface area contributed by atoms with E-state index in [0.717, 1.165) is 30.6 Å². The molecule has 1 saturated heterocycles. The maximum atomic E-state index is 12.7. The molecule has 1 aliphatic heterocycles. The van der Waals surface area contributed by atoms with Gasteiger partial charge in [-0.1, -0.05) is 19.3 Å². The molecule has 0 aromatic rings. The summed E-state index contributed by atoms with van der Waals surface area (Å²) in [5, 5.41) is 6.59. The van der Waals surface area contributed by atoms with Crippen LogP contribution in [0.15, 0.2) is 0 Å². The Labute approximate surface area is 156 Å². The normalized spacial score (nSPS) is 36.7. The first-order valence-electron chi connectivity index (χ1n) is 10.4. The van der Waals surface area contributed by atoms with Crippen molar-refractivity contribution in [2.45, 2.75) is 69.4 Å². The van der Waals surface area contributed by atoms with Gasteiger partial charge in [0, 0.05) is 31.8 Å². The summed E-state index contributed by atoms with van der Waals surface area (Å²) in [7, 11) is 1.54. The molecule has 0 aromatic carbocycles. The lowest BCUT2D eigenvalue weighted by Crippen LogP contribution is -2.56. The molecule has 3 aliphatic carbocycles. The second kappa shape index (κ2) is 7.37. The van der Waals surface area contributed by atoms with Gasteiger partial charge in [-0.15, -0.1) is 0 Å². The van der Waals surface area contributed by atoms with Gasteiger partial charge in [-0.25, -0.2) is 4.79 Å². The molecule has 4 rings (SSSR count). The Morgan fingerprint density at radius 2 is 1.85 bits per heavy atom. The number of rotatable bonds is 4. The lowest BCUT2D eigenvalue weighted by molar-refractivity contribution is -0.136. The molecule has 6 heteroatoms. The summed E-state index contributed by atoms with van der Waals surface area (Å²) >= 11 is 0. The Morgan fingerprint density at radius 1 is 1.08 bits per heavy atom. The molecule has 3 amide bonds. The van der Waals surface area contributed by atoms with Crippen LogP contribution in [0.4, 0.5) is 4.79 Å². The lowest BCUT2D eigenvalue weighted by Gasteiger charge is -2.39. The van der Waals surface area contributed by atoms with Gasteiger partial charge in [0.25, 0.3) is 0 Å². The number of likely N-dealkylation sites (tertiary alicyclic amines) is 1. The fourth-order valence-electron chi connectivity index (χ4n) is 6.26. The third-order valence-corrected chi connectivity index (χ3v) is 7.30. The average molecular weight is 364 g/mol. The molecule has 4 unspecified atom stereocenters. The largest absolute Gasteiger partial charge is 0.375 e. The Morgan fingerprint density at radius 3 is 2.62 bits per heavy atom. The molecule has 1 heterocycles. The number of amides is 3. The van der Waals surface area contributed by atoms with E-state index >= 15 is 0 Å². The number of nitrogens with zero attached hydrogens (tertiary/aromatic N) is 1. The van der Waals surface area contributed by atoms with Gasteiger partial charge in [0.15, 0.2) is 0 Å². The number of carbonyl (C=O) groups excluding carboxylic acids is 2. The van der Waals surface area contributed by atoms with Gasteiger partial charge in [0.05, 0.1) is 0 Å². The van der Waals surface area contributed by atoms with E-state index in [1.807, 2.05) is 4.90 Å². The molecule has 4 fully saturated rings. The highest BCUT2D eigenvalue weighted by Gasteiger charge is 2.52. The van der Waals surface area contributed by atoms with Gasteiger partial charge in [0.2, 0.25) is 5.91 Å². The van der Waals surface area contributed by atoms with Crippen LogP contribution in [0.25, 0.3) is 0 Å². The third kappa shape index (κ3) is 3.71. The predicted molar refractivity (Wildman–Crippen MR) is 98.7 cm³/mol. The van der Waals surface area contributed by atoms with Crippen molar-refractivity contribution in [3.8, 4) is 0 Å². The maximum Gasteiger partial charge on any atom is 0.315 e. The first kappa shape index (κ1) is 18.1. The number of ether oxygens (including phenoxy) is 1. The minimum absolute atomic E-state index is 0.00675. The number of hydrogen-bond acceptors (Lipinski definition) is 3. The first-order valence-corrected chi connectivity index (χ1v) is 10.4. The van der Waals surface area contributed by atoms with Crippen LogP contribution in [0.3, 0.4) is 0 Å². The quantitative estimate of drug-likeness (QED) is 0.805. The van der Waals surface area contributed by atoms with Crippen molar-refractivity contribution in [2.75, 3.05) is 26.8 Å². The van der Waals surface area contributed by atoms with Gasteiger partial charge < -0.3 is 20.3 Å². The van der Waals surface area contributed by atoms with Crippen LogP contribution >= 0.6 is 0 Å². The van der Waals surface area contributed by atoms with E-state index in [1.165, 1.54) is 44.9 Å². The molecule has 26 heavy (non-hydrogen) atoms. The topological polar surface area (TPSA) is 70.7 Å². The van der Waals surface area contributed by atoms with E-state index in [9.17, 15) is 9.59 Å². The molecule has 3 bridgehead atoms. The summed E-state index contributed by atoms with van der Waals surface area (Å²) in [5.74, 6) is 2.53. The molecule has 0 radical (unpaired) electrons. The minimum Gasteiger partial charge on any atom is -0.375 e. The van der Waals surface area contributed by atoms with E-state index in [0.29, 0.717) is 13.1 Å². The molecule has 0 aromatic heterocycles. The number of carbonyl (C=O) groups is 2. The van der Waals surface area contributed by atoms with Crippen LogP contribution in [0.2, 0.25) is 0 Å². The summed E-state index contributed by atoms with van der Waals surface area (Å²) < 4.78 is 4.92. The van der Waals surface area contributed by atoms with Gasteiger partial charge in [-0.3, -0.25) is 4.79 Å². The van der Waals surface area contributed by atoms with E-state index in [1.54, 1.807) is 7.11 Å². The summed E-state index contributed by atoms with van der Waals surface area (Å²) in [6, 6.07) is 0.172. The number of nitrogens with one attached hydrogen (secondary N) is 2. The molecule has 4 aliphatic rings. The first-order chi connectivity index (χ1) is 12.6. The number of hydrogen-bond donors (Lipinski definition) is 2. The maximum absolute atomic E-state index is 12.7. The van der Waals surface area contributed by atoms with Crippen molar-refractivity contribution in [2.24, 2.45) is 17.8 Å². The summed E-state index contributed by atoms with van der Waals surface area (Å²) in [4.78, 5) is 26.4. The zero-order chi connectivity index (χ0) is 18.1. The Bertz CT molecular complexity index is 542. The Hall–Kier alpha value is -1.30. The monoisotopic (exact) mass is 363 g/mol. The highest BCUT2D eigenvalue weighted by molar-refractivity contribution is 5.78. The van der Waals surface area contributed by atoms with E-state index in [-0.39, 0.29) is 30.1 Å². The van der Waals surface area contributed by atoms with Gasteiger partial charge in [-0.2, -0.15) is 0 Å². The second-order valence-corrected chi connectivity index (χ2v) is 9.13. The zero-order valence-corrected chi connectivity index (χ0v) is 16.0. The van der Waals surface area contributed by atoms with Crippen LogP contribution in [-0.2, 0) is 9.53 Å². The molecule has 2 N–H and O–H groups in total. The number of fused-ring (bicyclic) bond motifs is 2. The fourth-order valence-corrected chi connectivity index (χ4v) is 6.26. The van der Waals surface area contributed by atoms with E-state index < -0.39 is 0 Å². The van der Waals surface area contributed by atoms with E-state index in [4.69, 9.17) is 4.74 Å². The van der Waals surface area contributed by atoms with E-state index in [2.05, 4.69) is 10.6 Å². The highest BCUT2D eigenvalue weighted by Crippen LogP contribution is 2.55. The van der Waals surface area contributed by atoms with Crippen LogP contribution < -0.4 is 10.6 Å². The van der Waals surface area contributed by atoms with Crippen molar-refractivity contribution in [1.82, 2.24) is 15.5 Å². The number of methoxy groups -OCH3 is 1. The SMILES string of the molecule is COCC(=O)N1CCC(NC(=O)NC23CC4CCCC(C2)C(C4)C3)CC1. The fraction of sp³-hybridized carbons (Fsp3) is 0.900. The van der Waals surface area contributed by atoms with Crippen molar-refractivity contribution < 1.29 is 14.3 Å². The van der Waals surface area contributed by atoms with Crippen molar-refractivity contribution >= 4 is 11.9 Å². The van der Waals surface area contributed by atoms with Gasteiger partial charge in [-0.05, 0) is 56.3 Å². The molecule has 3 saturated carbocycles. The molecule has 4 atom stereocenters. The standard InChI is InChI=1S/C20H33N3O3/c1-26-13-18(24)23-7-5-17(6-8-23)21-19(25)22-20-10-14-3-2-4-15(11-20)16(9-14)12-20/h14-17H,2-13H2,1H3,(H2,21,22,25). The number of urea groups is 1. The smallest absolute Gasteiger partial charge is 0.315 e. The van der Waals surface area contributed by atoms with Gasteiger partial charge >= 0.3 is 6.03 Å². The van der Waals surface area contributed by atoms with Crippen molar-refractivity contribution in [3.05, 3.63) is 0 Å². The van der Waals surface area contributed by atoms with Gasteiger partial charge in [0.1, 0.15) is 6.61 Å². The molecule has 0 spiro atoms. The highest BCUT2D eigenvalue weighted by atomic mass is 16.5. The predicted octanol–water partition coefficient (Wildman–Crippen LogP) is 2.28. The Kier molecular flexibility index (Phi) is 5.13.